The van der Waals surface area contributed by atoms with Crippen LogP contribution < -0.4 is 5.32 Å². The molecule has 2 rings (SSSR count). The van der Waals surface area contributed by atoms with Gasteiger partial charge in [0.2, 0.25) is 0 Å². The Kier molecular flexibility index (Phi) is 2.51. The molecule has 0 aliphatic heterocycles. The number of nitrogens with one attached hydrogen (secondary N) is 1. The molecule has 3 heteroatoms. The minimum absolute atomic E-state index is 0.620. The second kappa shape index (κ2) is 3.64. The third-order valence-corrected chi connectivity index (χ3v) is 2.79. The van der Waals surface area contributed by atoms with E-state index in [1.54, 1.807) is 6.20 Å². The van der Waals surface area contributed by atoms with Gasteiger partial charge in [0, 0.05) is 18.8 Å². The van der Waals surface area contributed by atoms with Gasteiger partial charge < -0.3 is 5.32 Å². The van der Waals surface area contributed by atoms with E-state index in [-0.39, 0.29) is 0 Å². The monoisotopic (exact) mass is 196 g/mol. The zero-order valence-corrected chi connectivity index (χ0v) is 8.43. The number of hydrogen-bond donors (Lipinski definition) is 1. The molecule has 0 aromatic carbocycles. The van der Waals surface area contributed by atoms with Crippen LogP contribution in [0.2, 0.25) is 5.15 Å². The lowest BCUT2D eigenvalue weighted by Crippen LogP contribution is -2.16. The minimum atomic E-state index is 0.620. The van der Waals surface area contributed by atoms with Gasteiger partial charge in [-0.15, -0.1) is 0 Å². The summed E-state index contributed by atoms with van der Waals surface area (Å²) in [6, 6.07) is 2.77. The molecule has 1 N–H and O–H groups in total. The van der Waals surface area contributed by atoms with Gasteiger partial charge in [0.05, 0.1) is 0 Å². The third kappa shape index (κ3) is 2.20. The molecule has 1 heterocycles. The summed E-state index contributed by atoms with van der Waals surface area (Å²) in [5.41, 5.74) is 2.35. The average Bonchev–Trinajstić information content (AvgIpc) is 2.91. The maximum absolute atomic E-state index is 5.91. The Morgan fingerprint density at radius 1 is 1.62 bits per heavy atom. The molecule has 0 radical (unpaired) electrons. The Bertz CT molecular complexity index is 308. The first-order valence-electron chi connectivity index (χ1n) is 4.61. The van der Waals surface area contributed by atoms with E-state index in [4.69, 9.17) is 11.6 Å². The van der Waals surface area contributed by atoms with Crippen molar-refractivity contribution in [3.63, 3.8) is 0 Å². The third-order valence-electron chi connectivity index (χ3n) is 2.41. The highest BCUT2D eigenvalue weighted by atomic mass is 35.5. The first-order valence-corrected chi connectivity index (χ1v) is 4.98. The lowest BCUT2D eigenvalue weighted by atomic mass is 10.1. The van der Waals surface area contributed by atoms with E-state index < -0.39 is 0 Å². The van der Waals surface area contributed by atoms with Crippen LogP contribution in [-0.2, 0) is 6.54 Å². The summed E-state index contributed by atoms with van der Waals surface area (Å²) in [5.74, 6) is 0. The van der Waals surface area contributed by atoms with Gasteiger partial charge in [-0.05, 0) is 37.0 Å². The lowest BCUT2D eigenvalue weighted by molar-refractivity contribution is 0.684. The summed E-state index contributed by atoms with van der Waals surface area (Å²) < 4.78 is 0. The molecule has 0 bridgehead atoms. The second-order valence-corrected chi connectivity index (χ2v) is 3.90. The molecule has 1 aliphatic rings. The number of pyridine rings is 1. The van der Waals surface area contributed by atoms with Crippen molar-refractivity contribution in [2.45, 2.75) is 32.4 Å². The molecule has 0 unspecified atom stereocenters. The van der Waals surface area contributed by atoms with Gasteiger partial charge >= 0.3 is 0 Å². The molecule has 0 spiro atoms. The SMILES string of the molecule is Cc1c(CNC2CC2)ccnc1Cl. The second-order valence-electron chi connectivity index (χ2n) is 3.54. The Morgan fingerprint density at radius 3 is 3.08 bits per heavy atom. The van der Waals surface area contributed by atoms with Crippen LogP contribution in [-0.4, -0.2) is 11.0 Å². The Balaban J connectivity index is 2.05. The molecule has 0 atom stereocenters. The number of nitrogens with zero attached hydrogens (tertiary/aromatic N) is 1. The van der Waals surface area contributed by atoms with E-state index >= 15 is 0 Å². The number of halogens is 1. The van der Waals surface area contributed by atoms with Gasteiger partial charge in [0.1, 0.15) is 5.15 Å². The summed E-state index contributed by atoms with van der Waals surface area (Å²) in [4.78, 5) is 4.02. The van der Waals surface area contributed by atoms with Gasteiger partial charge in [0.25, 0.3) is 0 Å². The zero-order chi connectivity index (χ0) is 9.26. The Labute approximate surface area is 83.3 Å². The van der Waals surface area contributed by atoms with E-state index in [0.29, 0.717) is 5.15 Å². The van der Waals surface area contributed by atoms with Crippen LogP contribution in [0.3, 0.4) is 0 Å². The standard InChI is InChI=1S/C10H13ClN2/c1-7-8(4-5-12-10(7)11)6-13-9-2-3-9/h4-5,9,13H,2-3,6H2,1H3. The highest BCUT2D eigenvalue weighted by molar-refractivity contribution is 6.30. The Morgan fingerprint density at radius 2 is 2.38 bits per heavy atom. The van der Waals surface area contributed by atoms with Crippen LogP contribution in [0.25, 0.3) is 0 Å². The number of aromatic nitrogens is 1. The van der Waals surface area contributed by atoms with Gasteiger partial charge in [-0.25, -0.2) is 4.98 Å². The van der Waals surface area contributed by atoms with E-state index in [2.05, 4.69) is 10.3 Å². The molecule has 1 fully saturated rings. The predicted molar refractivity (Wildman–Crippen MR) is 53.8 cm³/mol. The van der Waals surface area contributed by atoms with Gasteiger partial charge in [0.15, 0.2) is 0 Å². The maximum Gasteiger partial charge on any atom is 0.132 e. The summed E-state index contributed by atoms with van der Waals surface area (Å²) >= 11 is 5.91. The molecule has 2 nitrogen and oxygen atoms in total. The molecule has 0 saturated heterocycles. The zero-order valence-electron chi connectivity index (χ0n) is 7.68. The van der Waals surface area contributed by atoms with Crippen molar-refractivity contribution >= 4 is 11.6 Å². The van der Waals surface area contributed by atoms with Crippen LogP contribution >= 0.6 is 11.6 Å². The van der Waals surface area contributed by atoms with Crippen LogP contribution in [0.5, 0.6) is 0 Å². The van der Waals surface area contributed by atoms with E-state index in [0.717, 1.165) is 18.2 Å². The van der Waals surface area contributed by atoms with Crippen molar-refractivity contribution in [1.29, 1.82) is 0 Å². The summed E-state index contributed by atoms with van der Waals surface area (Å²) in [6.45, 7) is 2.93. The van der Waals surface area contributed by atoms with Gasteiger partial charge in [-0.1, -0.05) is 11.6 Å². The Hall–Kier alpha value is -0.600. The fourth-order valence-electron chi connectivity index (χ4n) is 1.28. The topological polar surface area (TPSA) is 24.9 Å². The van der Waals surface area contributed by atoms with Crippen LogP contribution in [0.4, 0.5) is 0 Å². The number of hydrogen-bond acceptors (Lipinski definition) is 2. The van der Waals surface area contributed by atoms with Gasteiger partial charge in [-0.3, -0.25) is 0 Å². The van der Waals surface area contributed by atoms with Crippen molar-refractivity contribution in [2.75, 3.05) is 0 Å². The average molecular weight is 197 g/mol. The molecular formula is C10H13ClN2. The van der Waals surface area contributed by atoms with Crippen molar-refractivity contribution in [3.05, 3.63) is 28.5 Å². The summed E-state index contributed by atoms with van der Waals surface area (Å²) in [6.07, 6.45) is 4.40. The van der Waals surface area contributed by atoms with Crippen molar-refractivity contribution in [1.82, 2.24) is 10.3 Å². The molecular weight excluding hydrogens is 184 g/mol. The lowest BCUT2D eigenvalue weighted by Gasteiger charge is -2.06. The predicted octanol–water partition coefficient (Wildman–Crippen LogP) is 2.30. The molecule has 1 aromatic heterocycles. The largest absolute Gasteiger partial charge is 0.310 e. The first-order chi connectivity index (χ1) is 6.27. The van der Waals surface area contributed by atoms with Crippen molar-refractivity contribution in [3.8, 4) is 0 Å². The summed E-state index contributed by atoms with van der Waals surface area (Å²) in [5, 5.41) is 4.07. The van der Waals surface area contributed by atoms with E-state index in [9.17, 15) is 0 Å². The van der Waals surface area contributed by atoms with E-state index in [1.165, 1.54) is 18.4 Å². The van der Waals surface area contributed by atoms with Crippen LogP contribution in [0.15, 0.2) is 12.3 Å². The van der Waals surface area contributed by atoms with Crippen molar-refractivity contribution in [2.24, 2.45) is 0 Å². The molecule has 0 amide bonds. The smallest absolute Gasteiger partial charge is 0.132 e. The fraction of sp³-hybridized carbons (Fsp3) is 0.500. The number of rotatable bonds is 3. The minimum Gasteiger partial charge on any atom is -0.310 e. The molecule has 13 heavy (non-hydrogen) atoms. The maximum atomic E-state index is 5.91. The molecule has 70 valence electrons. The van der Waals surface area contributed by atoms with Crippen LogP contribution in [0.1, 0.15) is 24.0 Å². The molecule has 1 aliphatic carbocycles. The van der Waals surface area contributed by atoms with Gasteiger partial charge in [-0.2, -0.15) is 0 Å². The highest BCUT2D eigenvalue weighted by Gasteiger charge is 2.20. The van der Waals surface area contributed by atoms with Crippen molar-refractivity contribution < 1.29 is 0 Å². The fourth-order valence-corrected chi connectivity index (χ4v) is 1.46. The summed E-state index contributed by atoms with van der Waals surface area (Å²) in [7, 11) is 0. The molecule has 1 aromatic rings. The normalized spacial score (nSPS) is 16.2. The first kappa shape index (κ1) is 8.97. The molecule has 1 saturated carbocycles. The quantitative estimate of drug-likeness (QED) is 0.751. The van der Waals surface area contributed by atoms with Crippen LogP contribution in [0, 0.1) is 6.92 Å². The van der Waals surface area contributed by atoms with E-state index in [1.807, 2.05) is 13.0 Å². The highest BCUT2D eigenvalue weighted by Crippen LogP contribution is 2.21.